The maximum absolute atomic E-state index is 14.9. The number of halogens is 11. The van der Waals surface area contributed by atoms with E-state index in [2.05, 4.69) is 15.4 Å². The highest BCUT2D eigenvalue weighted by Gasteiger charge is 2.41. The zero-order valence-electron chi connectivity index (χ0n) is 18.2. The first kappa shape index (κ1) is 29.4. The molecule has 3 aromatic rings. The molecule has 2 aromatic carbocycles. The topological polar surface area (TPSA) is 66.9 Å². The summed E-state index contributed by atoms with van der Waals surface area (Å²) in [6.07, 6.45) is -8.84. The molecule has 1 atom stereocenters. The predicted octanol–water partition coefficient (Wildman–Crippen LogP) is 8.01. The average Bonchev–Trinajstić information content (AvgIpc) is 2.83. The number of nitrogens with zero attached hydrogens (tertiary/aromatic N) is 2. The first-order chi connectivity index (χ1) is 17.6. The average molecular weight is 606 g/mol. The molecule has 0 aliphatic rings. The molecular formula is C22H11Cl3F8N4O. The summed E-state index contributed by atoms with van der Waals surface area (Å²) < 4.78 is 110. The van der Waals surface area contributed by atoms with Crippen molar-refractivity contribution in [1.82, 2.24) is 15.4 Å². The SMILES string of the molecule is O=C(NNc1ncc(F)cn1)c1ccc(C(F)=CC(c2cc(Cl)c(Cl)c(Cl)c2)C(F)(F)F)cc1C(F)(F)F. The summed E-state index contributed by atoms with van der Waals surface area (Å²) in [5.41, 5.74) is -0.259. The van der Waals surface area contributed by atoms with E-state index in [1.165, 1.54) is 0 Å². The van der Waals surface area contributed by atoms with Crippen LogP contribution in [0.3, 0.4) is 0 Å². The van der Waals surface area contributed by atoms with Crippen molar-refractivity contribution < 1.29 is 39.9 Å². The van der Waals surface area contributed by atoms with Gasteiger partial charge in [-0.1, -0.05) is 40.9 Å². The van der Waals surface area contributed by atoms with Gasteiger partial charge in [-0.2, -0.15) is 26.3 Å². The van der Waals surface area contributed by atoms with Crippen LogP contribution in [-0.4, -0.2) is 22.1 Å². The molecule has 5 nitrogen and oxygen atoms in total. The van der Waals surface area contributed by atoms with Gasteiger partial charge in [0.15, 0.2) is 5.82 Å². The number of benzene rings is 2. The number of allylic oxidation sites excluding steroid dienone is 1. The van der Waals surface area contributed by atoms with Gasteiger partial charge in [-0.3, -0.25) is 15.6 Å². The minimum absolute atomic E-state index is 0.0402. The van der Waals surface area contributed by atoms with Crippen molar-refractivity contribution in [2.75, 3.05) is 5.43 Å². The Balaban J connectivity index is 1.97. The van der Waals surface area contributed by atoms with Gasteiger partial charge in [-0.25, -0.2) is 18.7 Å². The smallest absolute Gasteiger partial charge is 0.267 e. The second kappa shape index (κ2) is 11.3. The van der Waals surface area contributed by atoms with Crippen LogP contribution in [-0.2, 0) is 6.18 Å². The van der Waals surface area contributed by atoms with E-state index in [0.29, 0.717) is 24.5 Å². The Morgan fingerprint density at radius 1 is 0.947 bits per heavy atom. The second-order valence-electron chi connectivity index (χ2n) is 7.39. The Morgan fingerprint density at radius 2 is 1.53 bits per heavy atom. The van der Waals surface area contributed by atoms with Gasteiger partial charge in [0.2, 0.25) is 5.95 Å². The fourth-order valence-corrected chi connectivity index (χ4v) is 3.67. The number of hydrazine groups is 1. The molecule has 0 saturated carbocycles. The minimum atomic E-state index is -5.21. The minimum Gasteiger partial charge on any atom is -0.267 e. The maximum atomic E-state index is 14.9. The zero-order chi connectivity index (χ0) is 28.4. The summed E-state index contributed by atoms with van der Waals surface area (Å²) >= 11 is 17.3. The van der Waals surface area contributed by atoms with Crippen LogP contribution < -0.4 is 10.9 Å². The normalized spacial score (nSPS) is 13.3. The Kier molecular flexibility index (Phi) is 8.74. The number of aromatic nitrogens is 2. The number of carbonyl (C=O) groups is 1. The molecule has 2 N–H and O–H groups in total. The van der Waals surface area contributed by atoms with E-state index in [0.717, 1.165) is 12.1 Å². The number of hydrogen-bond acceptors (Lipinski definition) is 4. The van der Waals surface area contributed by atoms with Crippen LogP contribution >= 0.6 is 34.8 Å². The van der Waals surface area contributed by atoms with Crippen LogP contribution in [0, 0.1) is 5.82 Å². The van der Waals surface area contributed by atoms with Crippen LogP contribution in [0.25, 0.3) is 5.83 Å². The van der Waals surface area contributed by atoms with E-state index in [4.69, 9.17) is 34.8 Å². The molecule has 1 amide bonds. The Hall–Kier alpha value is -3.16. The van der Waals surface area contributed by atoms with E-state index < -0.39 is 58.1 Å². The lowest BCUT2D eigenvalue weighted by molar-refractivity contribution is -0.140. The summed E-state index contributed by atoms with van der Waals surface area (Å²) in [4.78, 5) is 19.2. The van der Waals surface area contributed by atoms with Gasteiger partial charge >= 0.3 is 12.4 Å². The van der Waals surface area contributed by atoms with Crippen molar-refractivity contribution in [3.8, 4) is 0 Å². The number of nitrogens with one attached hydrogen (secondary N) is 2. The summed E-state index contributed by atoms with van der Waals surface area (Å²) in [5, 5.41) is -0.954. The fourth-order valence-electron chi connectivity index (χ4n) is 3.06. The quantitative estimate of drug-likeness (QED) is 0.170. The van der Waals surface area contributed by atoms with Gasteiger partial charge in [0.05, 0.1) is 38.6 Å². The monoisotopic (exact) mass is 604 g/mol. The molecule has 0 aliphatic heterocycles. The lowest BCUT2D eigenvalue weighted by Gasteiger charge is -2.19. The maximum Gasteiger partial charge on any atom is 0.417 e. The van der Waals surface area contributed by atoms with Crippen molar-refractivity contribution >= 4 is 52.5 Å². The van der Waals surface area contributed by atoms with Crippen molar-refractivity contribution in [3.05, 3.63) is 91.9 Å². The van der Waals surface area contributed by atoms with Gasteiger partial charge in [0.25, 0.3) is 5.91 Å². The lowest BCUT2D eigenvalue weighted by Crippen LogP contribution is -2.32. The van der Waals surface area contributed by atoms with Crippen LogP contribution in [0.15, 0.2) is 48.8 Å². The van der Waals surface area contributed by atoms with Crippen LogP contribution in [0.1, 0.15) is 33.0 Å². The zero-order valence-corrected chi connectivity index (χ0v) is 20.4. The van der Waals surface area contributed by atoms with Crippen molar-refractivity contribution in [3.63, 3.8) is 0 Å². The van der Waals surface area contributed by atoms with E-state index in [1.54, 1.807) is 0 Å². The molecule has 1 aromatic heterocycles. The third-order valence-corrected chi connectivity index (χ3v) is 5.98. The molecule has 0 spiro atoms. The third kappa shape index (κ3) is 7.03. The summed E-state index contributed by atoms with van der Waals surface area (Å²) in [7, 11) is 0. The van der Waals surface area contributed by atoms with Gasteiger partial charge in [0, 0.05) is 5.56 Å². The van der Waals surface area contributed by atoms with Crippen molar-refractivity contribution in [1.29, 1.82) is 0 Å². The van der Waals surface area contributed by atoms with Crippen LogP contribution in [0.5, 0.6) is 0 Å². The molecule has 0 bridgehead atoms. The highest BCUT2D eigenvalue weighted by Crippen LogP contribution is 2.42. The molecule has 202 valence electrons. The molecule has 3 rings (SSSR count). The number of amides is 1. The van der Waals surface area contributed by atoms with Crippen molar-refractivity contribution in [2.24, 2.45) is 0 Å². The number of rotatable bonds is 6. The van der Waals surface area contributed by atoms with E-state index >= 15 is 0 Å². The standard InChI is InChI=1S/C22H11Cl3F8N4O/c23-15-4-10(5-16(24)18(15)25)13(21(28,29)30)6-17(27)9-1-2-12(14(3-9)22(31,32)33)19(38)36-37-20-34-7-11(26)8-35-20/h1-8,13H,(H,36,38)(H,34,35,37). The first-order valence-corrected chi connectivity index (χ1v) is 11.0. The van der Waals surface area contributed by atoms with Crippen LogP contribution in [0.2, 0.25) is 15.1 Å². The molecule has 1 unspecified atom stereocenters. The summed E-state index contributed by atoms with van der Waals surface area (Å²) in [5.74, 6) is -6.89. The van der Waals surface area contributed by atoms with Gasteiger partial charge in [-0.15, -0.1) is 0 Å². The number of alkyl halides is 6. The Morgan fingerprint density at radius 3 is 2.05 bits per heavy atom. The van der Waals surface area contributed by atoms with E-state index in [9.17, 15) is 39.9 Å². The molecule has 0 saturated heterocycles. The molecule has 0 radical (unpaired) electrons. The first-order valence-electron chi connectivity index (χ1n) is 9.92. The summed E-state index contributed by atoms with van der Waals surface area (Å²) in [6.45, 7) is 0. The molecule has 38 heavy (non-hydrogen) atoms. The lowest BCUT2D eigenvalue weighted by atomic mass is 9.95. The summed E-state index contributed by atoms with van der Waals surface area (Å²) in [6, 6.07) is 3.00. The van der Waals surface area contributed by atoms with E-state index in [-0.39, 0.29) is 33.2 Å². The highest BCUT2D eigenvalue weighted by atomic mass is 35.5. The number of anilines is 1. The third-order valence-electron chi connectivity index (χ3n) is 4.78. The Labute approximate surface area is 223 Å². The van der Waals surface area contributed by atoms with Crippen LogP contribution in [0.4, 0.5) is 41.1 Å². The Bertz CT molecular complexity index is 1360. The molecule has 0 aliphatic carbocycles. The second-order valence-corrected chi connectivity index (χ2v) is 8.59. The predicted molar refractivity (Wildman–Crippen MR) is 124 cm³/mol. The van der Waals surface area contributed by atoms with E-state index in [1.807, 2.05) is 5.43 Å². The van der Waals surface area contributed by atoms with Gasteiger partial charge in [0.1, 0.15) is 11.7 Å². The molecule has 0 fully saturated rings. The fraction of sp³-hybridized carbons (Fsp3) is 0.136. The molecule has 1 heterocycles. The molecule has 16 heteroatoms. The van der Waals surface area contributed by atoms with Crippen molar-refractivity contribution in [2.45, 2.75) is 18.3 Å². The van der Waals surface area contributed by atoms with Gasteiger partial charge < -0.3 is 0 Å². The largest absolute Gasteiger partial charge is 0.417 e. The highest BCUT2D eigenvalue weighted by molar-refractivity contribution is 6.48. The molecular weight excluding hydrogens is 595 g/mol. The number of hydrogen-bond donors (Lipinski definition) is 2. The number of carbonyl (C=O) groups excluding carboxylic acids is 1. The van der Waals surface area contributed by atoms with Gasteiger partial charge in [-0.05, 0) is 35.9 Å².